The first kappa shape index (κ1) is 19.5. The predicted molar refractivity (Wildman–Crippen MR) is 108 cm³/mol. The standard InChI is InChI=1S/C20H27N3O3S/c1-13(2)19-22-16(12-27-19)20(24)23-9-5-6-15(11-23)21-14-7-8-17(25-3)18(10-14)26-4/h7-8,10,12-13,15,21H,5-6,9,11H2,1-4H3/t15-/m1/s1. The van der Waals surface area contributed by atoms with E-state index in [0.717, 1.165) is 30.1 Å². The molecule has 1 aliphatic rings. The Morgan fingerprint density at radius 2 is 2.07 bits per heavy atom. The summed E-state index contributed by atoms with van der Waals surface area (Å²) in [5.74, 6) is 1.76. The van der Waals surface area contributed by atoms with Gasteiger partial charge in [-0.15, -0.1) is 11.3 Å². The summed E-state index contributed by atoms with van der Waals surface area (Å²) in [6.45, 7) is 5.63. The third-order valence-electron chi connectivity index (χ3n) is 4.70. The molecule has 2 aromatic rings. The Balaban J connectivity index is 1.66. The summed E-state index contributed by atoms with van der Waals surface area (Å²) < 4.78 is 10.7. The number of methoxy groups -OCH3 is 2. The monoisotopic (exact) mass is 389 g/mol. The first-order valence-corrected chi connectivity index (χ1v) is 10.1. The van der Waals surface area contributed by atoms with Gasteiger partial charge in [-0.25, -0.2) is 4.98 Å². The molecule has 1 fully saturated rings. The molecule has 0 bridgehead atoms. The number of nitrogens with zero attached hydrogens (tertiary/aromatic N) is 2. The Hall–Kier alpha value is -2.28. The quantitative estimate of drug-likeness (QED) is 0.809. The van der Waals surface area contributed by atoms with Crippen LogP contribution in [-0.4, -0.2) is 49.1 Å². The summed E-state index contributed by atoms with van der Waals surface area (Å²) in [4.78, 5) is 19.2. The van der Waals surface area contributed by atoms with E-state index in [1.54, 1.807) is 25.6 Å². The van der Waals surface area contributed by atoms with E-state index in [1.807, 2.05) is 28.5 Å². The van der Waals surface area contributed by atoms with Crippen LogP contribution < -0.4 is 14.8 Å². The molecule has 2 heterocycles. The number of carbonyl (C=O) groups is 1. The highest BCUT2D eigenvalue weighted by atomic mass is 32.1. The summed E-state index contributed by atoms with van der Waals surface area (Å²) in [5, 5.41) is 6.41. The van der Waals surface area contributed by atoms with Gasteiger partial charge < -0.3 is 19.7 Å². The lowest BCUT2D eigenvalue weighted by atomic mass is 10.0. The van der Waals surface area contributed by atoms with Crippen molar-refractivity contribution in [1.29, 1.82) is 0 Å². The van der Waals surface area contributed by atoms with Gasteiger partial charge in [0, 0.05) is 42.2 Å². The van der Waals surface area contributed by atoms with Crippen LogP contribution in [0.25, 0.3) is 0 Å². The average molecular weight is 390 g/mol. The van der Waals surface area contributed by atoms with Crippen LogP contribution in [0.1, 0.15) is 48.1 Å². The van der Waals surface area contributed by atoms with Gasteiger partial charge in [-0.2, -0.15) is 0 Å². The fraction of sp³-hybridized carbons (Fsp3) is 0.500. The molecule has 1 aromatic heterocycles. The van der Waals surface area contributed by atoms with Gasteiger partial charge in [0.15, 0.2) is 11.5 Å². The molecule has 0 saturated carbocycles. The SMILES string of the molecule is COc1ccc(N[C@@H]2CCCN(C(=O)c3csc(C(C)C)n3)C2)cc1OC. The number of hydrogen-bond donors (Lipinski definition) is 1. The average Bonchev–Trinajstić information content (AvgIpc) is 3.18. The number of benzene rings is 1. The van der Waals surface area contributed by atoms with Crippen LogP contribution in [0.3, 0.4) is 0 Å². The summed E-state index contributed by atoms with van der Waals surface area (Å²) in [5.41, 5.74) is 1.53. The number of likely N-dealkylation sites (tertiary alicyclic amines) is 1. The number of ether oxygens (including phenoxy) is 2. The molecule has 1 amide bonds. The lowest BCUT2D eigenvalue weighted by Gasteiger charge is -2.33. The molecule has 6 nitrogen and oxygen atoms in total. The number of piperidine rings is 1. The number of rotatable bonds is 6. The Morgan fingerprint density at radius 1 is 1.30 bits per heavy atom. The molecule has 0 radical (unpaired) electrons. The van der Waals surface area contributed by atoms with E-state index in [9.17, 15) is 4.79 Å². The van der Waals surface area contributed by atoms with Crippen molar-refractivity contribution in [3.05, 3.63) is 34.3 Å². The first-order chi connectivity index (χ1) is 13.0. The smallest absolute Gasteiger partial charge is 0.273 e. The number of aromatic nitrogens is 1. The van der Waals surface area contributed by atoms with Crippen molar-refractivity contribution in [2.24, 2.45) is 0 Å². The summed E-state index contributed by atoms with van der Waals surface area (Å²) in [6, 6.07) is 5.98. The molecule has 3 rings (SSSR count). The van der Waals surface area contributed by atoms with Crippen molar-refractivity contribution in [2.45, 2.75) is 38.6 Å². The number of anilines is 1. The normalized spacial score (nSPS) is 17.1. The second-order valence-corrected chi connectivity index (χ2v) is 7.92. The fourth-order valence-electron chi connectivity index (χ4n) is 3.25. The topological polar surface area (TPSA) is 63.7 Å². The summed E-state index contributed by atoms with van der Waals surface area (Å²) in [7, 11) is 3.25. The molecular formula is C20H27N3O3S. The maximum atomic E-state index is 12.8. The van der Waals surface area contributed by atoms with Crippen LogP contribution in [-0.2, 0) is 0 Å². The number of thiazole rings is 1. The van der Waals surface area contributed by atoms with Crippen molar-refractivity contribution in [3.63, 3.8) is 0 Å². The van der Waals surface area contributed by atoms with Gasteiger partial charge in [0.05, 0.1) is 19.2 Å². The van der Waals surface area contributed by atoms with E-state index in [4.69, 9.17) is 9.47 Å². The first-order valence-electron chi connectivity index (χ1n) is 9.25. The minimum absolute atomic E-state index is 0.0250. The van der Waals surface area contributed by atoms with E-state index in [0.29, 0.717) is 29.7 Å². The lowest BCUT2D eigenvalue weighted by Crippen LogP contribution is -2.45. The molecule has 1 saturated heterocycles. The number of carbonyl (C=O) groups excluding carboxylic acids is 1. The molecule has 0 aliphatic carbocycles. The molecule has 1 aliphatic heterocycles. The zero-order valence-electron chi connectivity index (χ0n) is 16.3. The van der Waals surface area contributed by atoms with Gasteiger partial charge in [0.25, 0.3) is 5.91 Å². The third kappa shape index (κ3) is 4.53. The van der Waals surface area contributed by atoms with Gasteiger partial charge >= 0.3 is 0 Å². The number of nitrogens with one attached hydrogen (secondary N) is 1. The van der Waals surface area contributed by atoms with Gasteiger partial charge in [0.2, 0.25) is 0 Å². The van der Waals surface area contributed by atoms with Crippen LogP contribution in [0.5, 0.6) is 11.5 Å². The Morgan fingerprint density at radius 3 is 2.74 bits per heavy atom. The van der Waals surface area contributed by atoms with Crippen LogP contribution in [0.15, 0.2) is 23.6 Å². The number of amides is 1. The van der Waals surface area contributed by atoms with E-state index in [-0.39, 0.29) is 11.9 Å². The zero-order chi connectivity index (χ0) is 19.4. The van der Waals surface area contributed by atoms with Crippen molar-refractivity contribution >= 4 is 22.9 Å². The highest BCUT2D eigenvalue weighted by Crippen LogP contribution is 2.30. The van der Waals surface area contributed by atoms with Crippen molar-refractivity contribution < 1.29 is 14.3 Å². The van der Waals surface area contributed by atoms with Gasteiger partial charge in [-0.3, -0.25) is 4.79 Å². The summed E-state index contributed by atoms with van der Waals surface area (Å²) in [6.07, 6.45) is 1.99. The Bertz CT molecular complexity index is 791. The molecule has 0 unspecified atom stereocenters. The molecule has 0 spiro atoms. The lowest BCUT2D eigenvalue weighted by molar-refractivity contribution is 0.0709. The maximum absolute atomic E-state index is 12.8. The molecule has 7 heteroatoms. The second-order valence-electron chi connectivity index (χ2n) is 7.03. The second kappa shape index (κ2) is 8.61. The molecule has 1 N–H and O–H groups in total. The minimum atomic E-state index is 0.0250. The van der Waals surface area contributed by atoms with Gasteiger partial charge in [0.1, 0.15) is 5.69 Å². The molecule has 146 valence electrons. The molecule has 1 atom stereocenters. The third-order valence-corrected chi connectivity index (χ3v) is 5.84. The van der Waals surface area contributed by atoms with Crippen LogP contribution >= 0.6 is 11.3 Å². The van der Waals surface area contributed by atoms with E-state index < -0.39 is 0 Å². The van der Waals surface area contributed by atoms with Crippen molar-refractivity contribution in [2.75, 3.05) is 32.6 Å². The van der Waals surface area contributed by atoms with Crippen molar-refractivity contribution in [1.82, 2.24) is 9.88 Å². The molecule has 1 aromatic carbocycles. The van der Waals surface area contributed by atoms with E-state index in [2.05, 4.69) is 24.1 Å². The van der Waals surface area contributed by atoms with Crippen LogP contribution in [0.2, 0.25) is 0 Å². The molecule has 27 heavy (non-hydrogen) atoms. The largest absolute Gasteiger partial charge is 0.493 e. The minimum Gasteiger partial charge on any atom is -0.493 e. The van der Waals surface area contributed by atoms with Gasteiger partial charge in [-0.05, 0) is 25.0 Å². The number of hydrogen-bond acceptors (Lipinski definition) is 6. The van der Waals surface area contributed by atoms with Crippen LogP contribution in [0.4, 0.5) is 5.69 Å². The summed E-state index contributed by atoms with van der Waals surface area (Å²) >= 11 is 1.56. The van der Waals surface area contributed by atoms with Gasteiger partial charge in [-0.1, -0.05) is 13.8 Å². The predicted octanol–water partition coefficient (Wildman–Crippen LogP) is 4.00. The zero-order valence-corrected chi connectivity index (χ0v) is 17.1. The fourth-order valence-corrected chi connectivity index (χ4v) is 4.06. The Labute approximate surface area is 164 Å². The highest BCUT2D eigenvalue weighted by molar-refractivity contribution is 7.09. The van der Waals surface area contributed by atoms with Crippen molar-refractivity contribution in [3.8, 4) is 11.5 Å². The molecular weight excluding hydrogens is 362 g/mol. The van der Waals surface area contributed by atoms with Crippen LogP contribution in [0, 0.1) is 0 Å². The maximum Gasteiger partial charge on any atom is 0.273 e. The van der Waals surface area contributed by atoms with E-state index in [1.165, 1.54) is 0 Å². The highest BCUT2D eigenvalue weighted by Gasteiger charge is 2.26. The Kier molecular flexibility index (Phi) is 6.21. The van der Waals surface area contributed by atoms with E-state index >= 15 is 0 Å².